The van der Waals surface area contributed by atoms with Gasteiger partial charge in [0.15, 0.2) is 0 Å². The van der Waals surface area contributed by atoms with Crippen molar-refractivity contribution in [1.82, 2.24) is 9.80 Å². The average Bonchev–Trinajstić information content (AvgIpc) is 3.13. The maximum Gasteiger partial charge on any atom is 0.295 e. The highest BCUT2D eigenvalue weighted by Crippen LogP contribution is 2.41. The van der Waals surface area contributed by atoms with Crippen LogP contribution in [0.1, 0.15) is 28.3 Å². The Morgan fingerprint density at radius 1 is 1.00 bits per heavy atom. The first kappa shape index (κ1) is 26.7. The number of hydrogen-bond donors (Lipinski definition) is 1. The van der Waals surface area contributed by atoms with E-state index in [-0.39, 0.29) is 11.3 Å². The molecule has 3 aromatic rings. The van der Waals surface area contributed by atoms with Gasteiger partial charge in [0, 0.05) is 18.7 Å². The number of ketones is 1. The molecule has 1 aliphatic rings. The molecule has 0 bridgehead atoms. The summed E-state index contributed by atoms with van der Waals surface area (Å²) in [5.74, 6) is -0.999. The van der Waals surface area contributed by atoms with E-state index >= 15 is 0 Å². The van der Waals surface area contributed by atoms with E-state index in [1.807, 2.05) is 56.3 Å². The number of aliphatic hydroxyl groups is 1. The number of rotatable bonds is 8. The summed E-state index contributed by atoms with van der Waals surface area (Å²) in [5.41, 5.74) is 2.84. The first-order valence-electron chi connectivity index (χ1n) is 11.8. The van der Waals surface area contributed by atoms with E-state index in [9.17, 15) is 14.7 Å². The number of benzene rings is 3. The zero-order valence-corrected chi connectivity index (χ0v) is 22.4. The van der Waals surface area contributed by atoms with Gasteiger partial charge in [-0.1, -0.05) is 59.6 Å². The minimum atomic E-state index is -0.802. The Bertz CT molecular complexity index is 1360. The van der Waals surface area contributed by atoms with E-state index in [0.717, 1.165) is 11.1 Å². The summed E-state index contributed by atoms with van der Waals surface area (Å²) in [7, 11) is 3.77. The number of carbonyl (C=O) groups is 2. The van der Waals surface area contributed by atoms with Gasteiger partial charge in [0.05, 0.1) is 21.7 Å². The molecule has 1 fully saturated rings. The molecule has 0 spiro atoms. The average molecular weight is 539 g/mol. The molecule has 192 valence electrons. The molecule has 1 N–H and O–H groups in total. The van der Waals surface area contributed by atoms with Crippen LogP contribution in [0.5, 0.6) is 5.75 Å². The summed E-state index contributed by atoms with van der Waals surface area (Å²) < 4.78 is 5.95. The van der Waals surface area contributed by atoms with Crippen LogP contribution in [0, 0.1) is 6.92 Å². The molecule has 1 aliphatic heterocycles. The van der Waals surface area contributed by atoms with Crippen LogP contribution < -0.4 is 4.74 Å². The third-order valence-electron chi connectivity index (χ3n) is 6.27. The van der Waals surface area contributed by atoms with E-state index in [4.69, 9.17) is 27.9 Å². The van der Waals surface area contributed by atoms with Gasteiger partial charge in [-0.2, -0.15) is 0 Å². The second-order valence-corrected chi connectivity index (χ2v) is 10.0. The van der Waals surface area contributed by atoms with Crippen molar-refractivity contribution < 1.29 is 19.4 Å². The normalized spacial score (nSPS) is 17.0. The Morgan fingerprint density at radius 3 is 2.38 bits per heavy atom. The zero-order chi connectivity index (χ0) is 26.7. The molecule has 1 amide bonds. The fraction of sp³-hybridized carbons (Fsp3) is 0.241. The van der Waals surface area contributed by atoms with Gasteiger partial charge in [0.25, 0.3) is 11.7 Å². The molecule has 0 aliphatic carbocycles. The van der Waals surface area contributed by atoms with Crippen molar-refractivity contribution in [3.8, 4) is 5.75 Å². The van der Waals surface area contributed by atoms with Crippen LogP contribution in [0.2, 0.25) is 10.0 Å². The second kappa shape index (κ2) is 11.4. The smallest absolute Gasteiger partial charge is 0.295 e. The number of halogens is 2. The highest BCUT2D eigenvalue weighted by Gasteiger charge is 2.46. The lowest BCUT2D eigenvalue weighted by Crippen LogP contribution is -2.35. The van der Waals surface area contributed by atoms with Crippen molar-refractivity contribution in [2.45, 2.75) is 19.6 Å². The highest BCUT2D eigenvalue weighted by molar-refractivity contribution is 6.46. The van der Waals surface area contributed by atoms with E-state index in [1.165, 1.54) is 4.90 Å². The molecule has 3 aromatic carbocycles. The minimum Gasteiger partial charge on any atom is -0.507 e. The summed E-state index contributed by atoms with van der Waals surface area (Å²) in [5, 5.41) is 12.0. The number of amides is 1. The predicted octanol–water partition coefficient (Wildman–Crippen LogP) is 5.86. The molecule has 37 heavy (non-hydrogen) atoms. The van der Waals surface area contributed by atoms with Crippen LogP contribution in [-0.2, 0) is 16.2 Å². The Morgan fingerprint density at radius 2 is 1.73 bits per heavy atom. The van der Waals surface area contributed by atoms with Gasteiger partial charge in [-0.05, 0) is 68.0 Å². The van der Waals surface area contributed by atoms with Gasteiger partial charge >= 0.3 is 0 Å². The van der Waals surface area contributed by atoms with Crippen molar-refractivity contribution in [3.05, 3.63) is 105 Å². The van der Waals surface area contributed by atoms with Crippen molar-refractivity contribution >= 4 is 40.7 Å². The maximum atomic E-state index is 13.2. The van der Waals surface area contributed by atoms with Gasteiger partial charge in [-0.15, -0.1) is 0 Å². The second-order valence-electron chi connectivity index (χ2n) is 9.22. The van der Waals surface area contributed by atoms with E-state index in [0.29, 0.717) is 46.6 Å². The Labute approximate surface area is 226 Å². The van der Waals surface area contributed by atoms with E-state index in [1.54, 1.807) is 36.4 Å². The predicted molar refractivity (Wildman–Crippen MR) is 146 cm³/mol. The number of likely N-dealkylation sites (N-methyl/N-ethyl adjacent to an activating group) is 1. The molecule has 0 radical (unpaired) electrons. The molecule has 8 heteroatoms. The summed E-state index contributed by atoms with van der Waals surface area (Å²) in [4.78, 5) is 29.7. The maximum absolute atomic E-state index is 13.2. The van der Waals surface area contributed by atoms with E-state index < -0.39 is 17.7 Å². The third-order valence-corrected chi connectivity index (χ3v) is 7.01. The number of aryl methyl sites for hydroxylation is 1. The van der Waals surface area contributed by atoms with Crippen molar-refractivity contribution in [1.29, 1.82) is 0 Å². The molecular weight excluding hydrogens is 511 g/mol. The molecular formula is C29H28Cl2N2O4. The Kier molecular flexibility index (Phi) is 8.22. The van der Waals surface area contributed by atoms with Crippen molar-refractivity contribution in [2.24, 2.45) is 0 Å². The largest absolute Gasteiger partial charge is 0.507 e. The molecule has 1 heterocycles. The van der Waals surface area contributed by atoms with Crippen LogP contribution in [0.15, 0.2) is 72.3 Å². The lowest BCUT2D eigenvalue weighted by Gasteiger charge is -2.26. The summed E-state index contributed by atoms with van der Waals surface area (Å²) >= 11 is 12.4. The van der Waals surface area contributed by atoms with Gasteiger partial charge in [0.2, 0.25) is 0 Å². The van der Waals surface area contributed by atoms with Crippen LogP contribution in [0.4, 0.5) is 0 Å². The monoisotopic (exact) mass is 538 g/mol. The number of nitrogens with zero attached hydrogens (tertiary/aromatic N) is 2. The first-order valence-corrected chi connectivity index (χ1v) is 12.6. The molecule has 6 nitrogen and oxygen atoms in total. The highest BCUT2D eigenvalue weighted by atomic mass is 35.5. The summed E-state index contributed by atoms with van der Waals surface area (Å²) in [6, 6.07) is 19.1. The number of Topliss-reactive ketones (excluding diaryl/α,β-unsaturated/α-hetero) is 1. The van der Waals surface area contributed by atoms with E-state index in [2.05, 4.69) is 0 Å². The van der Waals surface area contributed by atoms with Crippen LogP contribution >= 0.6 is 23.2 Å². The fourth-order valence-corrected chi connectivity index (χ4v) is 4.60. The standard InChI is InChI=1S/C29H28Cl2N2O4/c1-18-15-21(10-12-24(18)37-17-19-7-5-4-6-8-19)27(34)25-26(20-9-11-22(30)23(31)16-20)33(14-13-32(2)3)29(36)28(25)35/h4-12,15-16,26,34H,13-14,17H2,1-3H3/b27-25+/t26-/m0/s1. The van der Waals surface area contributed by atoms with Gasteiger partial charge < -0.3 is 19.6 Å². The molecule has 0 saturated carbocycles. The van der Waals surface area contributed by atoms with Crippen LogP contribution in [0.3, 0.4) is 0 Å². The van der Waals surface area contributed by atoms with Crippen molar-refractivity contribution in [3.63, 3.8) is 0 Å². The van der Waals surface area contributed by atoms with Crippen molar-refractivity contribution in [2.75, 3.05) is 27.2 Å². The zero-order valence-electron chi connectivity index (χ0n) is 20.9. The molecule has 1 atom stereocenters. The number of ether oxygens (including phenoxy) is 1. The molecule has 0 unspecified atom stereocenters. The quantitative estimate of drug-likeness (QED) is 0.221. The van der Waals surface area contributed by atoms with Crippen LogP contribution in [-0.4, -0.2) is 53.8 Å². The number of likely N-dealkylation sites (tertiary alicyclic amines) is 1. The molecule has 1 saturated heterocycles. The van der Waals surface area contributed by atoms with Gasteiger partial charge in [-0.25, -0.2) is 0 Å². The third kappa shape index (κ3) is 5.82. The summed E-state index contributed by atoms with van der Waals surface area (Å²) in [6.45, 7) is 3.10. The van der Waals surface area contributed by atoms with Crippen LogP contribution in [0.25, 0.3) is 5.76 Å². The molecule has 4 rings (SSSR count). The van der Waals surface area contributed by atoms with Gasteiger partial charge in [-0.3, -0.25) is 9.59 Å². The fourth-order valence-electron chi connectivity index (χ4n) is 4.30. The Hall–Kier alpha value is -3.32. The minimum absolute atomic E-state index is 0.0134. The number of aliphatic hydroxyl groups excluding tert-OH is 1. The van der Waals surface area contributed by atoms with Gasteiger partial charge in [0.1, 0.15) is 18.1 Å². The first-order chi connectivity index (χ1) is 17.7. The number of carbonyl (C=O) groups excluding carboxylic acids is 2. The lowest BCUT2D eigenvalue weighted by molar-refractivity contribution is -0.140. The molecule has 0 aromatic heterocycles. The summed E-state index contributed by atoms with van der Waals surface area (Å²) in [6.07, 6.45) is 0. The number of hydrogen-bond acceptors (Lipinski definition) is 5. The lowest BCUT2D eigenvalue weighted by atomic mass is 9.94. The topological polar surface area (TPSA) is 70.1 Å². The Balaban J connectivity index is 1.72. The SMILES string of the molecule is Cc1cc(/C(O)=C2\C(=O)C(=O)N(CCN(C)C)[C@H]2c2ccc(Cl)c(Cl)c2)ccc1OCc1ccccc1.